The monoisotopic (exact) mass is 396 g/mol. The number of ether oxygens (including phenoxy) is 1. The number of para-hydroxylation sites is 1. The van der Waals surface area contributed by atoms with E-state index in [1.807, 2.05) is 6.07 Å². The predicted molar refractivity (Wildman–Crippen MR) is 106 cm³/mol. The lowest BCUT2D eigenvalue weighted by molar-refractivity contribution is 0.302. The highest BCUT2D eigenvalue weighted by molar-refractivity contribution is 5.81. The number of imidazole rings is 1. The minimum atomic E-state index is -0.663. The standard InChI is InChI=1S/C21H18F2N4O2/c1-24-17-5-3-9-27(21(17)28)11-19-25-16-4-2-6-18(20(16)26-19)29-12-13-7-8-14(22)10-15(13)23/h2-10,24H,11-12H2,1H3,(H,25,26). The normalized spacial score (nSPS) is 11.0. The molecular formula is C21H18F2N4O2. The van der Waals surface area contributed by atoms with Crippen molar-refractivity contribution in [2.24, 2.45) is 0 Å². The lowest BCUT2D eigenvalue weighted by atomic mass is 10.2. The molecule has 2 aromatic heterocycles. The van der Waals surface area contributed by atoms with Crippen LogP contribution in [0.25, 0.3) is 11.0 Å². The molecule has 6 nitrogen and oxygen atoms in total. The molecule has 2 aromatic carbocycles. The Morgan fingerprint density at radius 2 is 2.03 bits per heavy atom. The second kappa shape index (κ2) is 7.75. The number of hydrogen-bond acceptors (Lipinski definition) is 4. The quantitative estimate of drug-likeness (QED) is 0.522. The van der Waals surface area contributed by atoms with Crippen LogP contribution in [-0.4, -0.2) is 21.6 Å². The molecule has 0 aliphatic rings. The molecule has 4 rings (SSSR count). The second-order valence-electron chi connectivity index (χ2n) is 6.47. The van der Waals surface area contributed by atoms with Crippen LogP contribution in [0, 0.1) is 11.6 Å². The van der Waals surface area contributed by atoms with E-state index >= 15 is 0 Å². The topological polar surface area (TPSA) is 71.9 Å². The van der Waals surface area contributed by atoms with Crippen LogP contribution in [-0.2, 0) is 13.2 Å². The summed E-state index contributed by atoms with van der Waals surface area (Å²) < 4.78 is 34.2. The van der Waals surface area contributed by atoms with E-state index in [4.69, 9.17) is 4.74 Å². The molecule has 0 aliphatic carbocycles. The summed E-state index contributed by atoms with van der Waals surface area (Å²) in [5, 5.41) is 2.86. The Bertz CT molecular complexity index is 1230. The molecule has 0 bridgehead atoms. The summed E-state index contributed by atoms with van der Waals surface area (Å²) in [6.45, 7) is 0.201. The van der Waals surface area contributed by atoms with Crippen molar-refractivity contribution in [3.63, 3.8) is 0 Å². The molecule has 0 saturated heterocycles. The van der Waals surface area contributed by atoms with Crippen LogP contribution >= 0.6 is 0 Å². The van der Waals surface area contributed by atoms with Gasteiger partial charge in [-0.05, 0) is 36.4 Å². The van der Waals surface area contributed by atoms with Gasteiger partial charge < -0.3 is 19.6 Å². The number of aromatic nitrogens is 3. The zero-order valence-corrected chi connectivity index (χ0v) is 15.6. The number of aromatic amines is 1. The second-order valence-corrected chi connectivity index (χ2v) is 6.47. The molecule has 0 spiro atoms. The Labute approximate surface area is 164 Å². The molecule has 148 valence electrons. The average Bonchev–Trinajstić information content (AvgIpc) is 3.12. The highest BCUT2D eigenvalue weighted by Crippen LogP contribution is 2.25. The maximum absolute atomic E-state index is 13.8. The van der Waals surface area contributed by atoms with Crippen LogP contribution < -0.4 is 15.6 Å². The fourth-order valence-corrected chi connectivity index (χ4v) is 3.06. The van der Waals surface area contributed by atoms with E-state index in [0.29, 0.717) is 22.8 Å². The summed E-state index contributed by atoms with van der Waals surface area (Å²) in [4.78, 5) is 20.1. The summed E-state index contributed by atoms with van der Waals surface area (Å²) in [7, 11) is 1.69. The van der Waals surface area contributed by atoms with Gasteiger partial charge in [0.15, 0.2) is 0 Å². The third kappa shape index (κ3) is 3.82. The van der Waals surface area contributed by atoms with Crippen LogP contribution in [0.1, 0.15) is 11.4 Å². The molecule has 0 fully saturated rings. The van der Waals surface area contributed by atoms with Gasteiger partial charge in [0.05, 0.1) is 12.1 Å². The van der Waals surface area contributed by atoms with Crippen molar-refractivity contribution in [1.29, 1.82) is 0 Å². The molecule has 0 aliphatic heterocycles. The number of rotatable bonds is 6. The number of anilines is 1. The molecule has 2 heterocycles. The van der Waals surface area contributed by atoms with Crippen LogP contribution in [0.3, 0.4) is 0 Å². The SMILES string of the molecule is CNc1cccn(Cc2nc3c(OCc4ccc(F)cc4F)cccc3[nH]2)c1=O. The van der Waals surface area contributed by atoms with Crippen molar-refractivity contribution in [3.05, 3.63) is 88.1 Å². The average molecular weight is 396 g/mol. The minimum absolute atomic E-state index is 0.0584. The van der Waals surface area contributed by atoms with E-state index in [0.717, 1.165) is 11.6 Å². The van der Waals surface area contributed by atoms with Gasteiger partial charge in [0.1, 0.15) is 41.0 Å². The molecule has 2 N–H and O–H groups in total. The minimum Gasteiger partial charge on any atom is -0.486 e. The molecule has 0 atom stereocenters. The number of H-pyrrole nitrogens is 1. The molecule has 4 aromatic rings. The van der Waals surface area contributed by atoms with Gasteiger partial charge in [-0.15, -0.1) is 0 Å². The van der Waals surface area contributed by atoms with Crippen molar-refractivity contribution < 1.29 is 13.5 Å². The smallest absolute Gasteiger partial charge is 0.274 e. The third-order valence-electron chi connectivity index (χ3n) is 4.53. The molecule has 0 radical (unpaired) electrons. The van der Waals surface area contributed by atoms with Crippen LogP contribution in [0.4, 0.5) is 14.5 Å². The maximum atomic E-state index is 13.8. The van der Waals surface area contributed by atoms with Crippen molar-refractivity contribution in [1.82, 2.24) is 14.5 Å². The first-order chi connectivity index (χ1) is 14.0. The lowest BCUT2D eigenvalue weighted by Crippen LogP contribution is -2.22. The Kier molecular flexibility index (Phi) is 4.99. The Morgan fingerprint density at radius 3 is 2.83 bits per heavy atom. The first kappa shape index (κ1) is 18.7. The van der Waals surface area contributed by atoms with E-state index in [9.17, 15) is 13.6 Å². The van der Waals surface area contributed by atoms with E-state index < -0.39 is 11.6 Å². The highest BCUT2D eigenvalue weighted by atomic mass is 19.1. The first-order valence-corrected chi connectivity index (χ1v) is 8.96. The van der Waals surface area contributed by atoms with Crippen molar-refractivity contribution in [2.75, 3.05) is 12.4 Å². The molecule has 29 heavy (non-hydrogen) atoms. The number of nitrogens with zero attached hydrogens (tertiary/aromatic N) is 2. The fourth-order valence-electron chi connectivity index (χ4n) is 3.06. The van der Waals surface area contributed by atoms with Gasteiger partial charge in [-0.3, -0.25) is 4.79 Å². The lowest BCUT2D eigenvalue weighted by Gasteiger charge is -2.07. The number of pyridine rings is 1. The van der Waals surface area contributed by atoms with E-state index in [2.05, 4.69) is 15.3 Å². The largest absolute Gasteiger partial charge is 0.486 e. The molecule has 8 heteroatoms. The number of hydrogen-bond donors (Lipinski definition) is 2. The number of halogens is 2. The van der Waals surface area contributed by atoms with E-state index in [1.54, 1.807) is 37.5 Å². The van der Waals surface area contributed by atoms with Gasteiger partial charge in [0, 0.05) is 24.9 Å². The summed E-state index contributed by atoms with van der Waals surface area (Å²) >= 11 is 0. The highest BCUT2D eigenvalue weighted by Gasteiger charge is 2.11. The van der Waals surface area contributed by atoms with Crippen LogP contribution in [0.5, 0.6) is 5.75 Å². The van der Waals surface area contributed by atoms with Crippen molar-refractivity contribution in [2.45, 2.75) is 13.2 Å². The van der Waals surface area contributed by atoms with Gasteiger partial charge in [0.25, 0.3) is 5.56 Å². The van der Waals surface area contributed by atoms with E-state index in [1.165, 1.54) is 16.7 Å². The number of nitrogens with one attached hydrogen (secondary N) is 2. The molecule has 0 unspecified atom stereocenters. The van der Waals surface area contributed by atoms with Gasteiger partial charge >= 0.3 is 0 Å². The predicted octanol–water partition coefficient (Wildman–Crippen LogP) is 3.67. The van der Waals surface area contributed by atoms with E-state index in [-0.39, 0.29) is 24.3 Å². The third-order valence-corrected chi connectivity index (χ3v) is 4.53. The first-order valence-electron chi connectivity index (χ1n) is 8.96. The van der Waals surface area contributed by atoms with Crippen molar-refractivity contribution in [3.8, 4) is 5.75 Å². The number of fused-ring (bicyclic) bond motifs is 1. The summed E-state index contributed by atoms with van der Waals surface area (Å²) in [5.41, 5.74) is 1.89. The van der Waals surface area contributed by atoms with Gasteiger partial charge in [-0.25, -0.2) is 13.8 Å². The Hall–Kier alpha value is -3.68. The summed E-state index contributed by atoms with van der Waals surface area (Å²) in [5.74, 6) is -0.254. The zero-order chi connectivity index (χ0) is 20.4. The molecule has 0 amide bonds. The van der Waals surface area contributed by atoms with Gasteiger partial charge in [-0.1, -0.05) is 6.07 Å². The number of benzene rings is 2. The fraction of sp³-hybridized carbons (Fsp3) is 0.143. The molecular weight excluding hydrogens is 378 g/mol. The molecule has 0 saturated carbocycles. The van der Waals surface area contributed by atoms with Crippen molar-refractivity contribution >= 4 is 16.7 Å². The van der Waals surface area contributed by atoms with Gasteiger partial charge in [-0.2, -0.15) is 0 Å². The van der Waals surface area contributed by atoms with Gasteiger partial charge in [0.2, 0.25) is 0 Å². The Balaban J connectivity index is 1.59. The maximum Gasteiger partial charge on any atom is 0.274 e. The zero-order valence-electron chi connectivity index (χ0n) is 15.6. The van der Waals surface area contributed by atoms with Crippen LogP contribution in [0.15, 0.2) is 59.5 Å². The Morgan fingerprint density at radius 1 is 1.17 bits per heavy atom. The summed E-state index contributed by atoms with van der Waals surface area (Å²) in [6, 6.07) is 12.2. The van der Waals surface area contributed by atoms with Crippen LogP contribution in [0.2, 0.25) is 0 Å². The summed E-state index contributed by atoms with van der Waals surface area (Å²) in [6.07, 6.45) is 1.69.